The maximum atomic E-state index is 13.0. The molecule has 17 nitrogen and oxygen atoms in total. The molecule has 0 rings (SSSR count). The maximum absolute atomic E-state index is 13.0. The van der Waals surface area contributed by atoms with E-state index in [1.807, 2.05) is 0 Å². The van der Waals surface area contributed by atoms with Crippen LogP contribution in [-0.4, -0.2) is 96.7 Å². The largest absolute Gasteiger partial charge is 0.472 e. The Morgan fingerprint density at radius 1 is 0.330 bits per heavy atom. The van der Waals surface area contributed by atoms with Gasteiger partial charge in [0.25, 0.3) is 0 Å². The predicted molar refractivity (Wildman–Crippen MR) is 354 cm³/mol. The van der Waals surface area contributed by atoms with Crippen molar-refractivity contribution < 1.29 is 80.2 Å². The van der Waals surface area contributed by atoms with Crippen LogP contribution in [0, 0.1) is 11.8 Å². The molecule has 0 aliphatic rings. The van der Waals surface area contributed by atoms with Gasteiger partial charge in [-0.05, 0) is 37.5 Å². The Hall–Kier alpha value is -1.94. The van der Waals surface area contributed by atoms with E-state index in [0.717, 1.165) is 102 Å². The van der Waals surface area contributed by atoms with Crippen LogP contribution in [0.1, 0.15) is 350 Å². The fourth-order valence-corrected chi connectivity index (χ4v) is 12.0. The molecule has 522 valence electrons. The zero-order valence-electron chi connectivity index (χ0n) is 57.0. The number of aliphatic hydroxyl groups is 1. The van der Waals surface area contributed by atoms with Crippen LogP contribution < -0.4 is 0 Å². The lowest BCUT2D eigenvalue weighted by Gasteiger charge is -2.21. The molecule has 0 spiro atoms. The molecule has 0 heterocycles. The van der Waals surface area contributed by atoms with Crippen molar-refractivity contribution in [2.24, 2.45) is 11.8 Å². The Kier molecular flexibility index (Phi) is 59.9. The normalized spacial score (nSPS) is 14.5. The minimum atomic E-state index is -4.95. The number of hydrogen-bond acceptors (Lipinski definition) is 15. The SMILES string of the molecule is CCCCCCCCCCCCCCCCC(=O)OC[C@H](COP(=O)(O)OC[C@@H](O)COP(=O)(O)OC[C@@H](COC(=O)CCCCCCCCCCC)OC(=O)CCCCCCCCC(C)CC)OC(=O)CCCCCCCCCCCCCCC(C)C. The number of phosphoric ester groups is 2. The highest BCUT2D eigenvalue weighted by atomic mass is 31.2. The second-order valence-corrected chi connectivity index (χ2v) is 28.5. The Balaban J connectivity index is 5.24. The second kappa shape index (κ2) is 61.3. The van der Waals surface area contributed by atoms with Gasteiger partial charge in [0.1, 0.15) is 19.3 Å². The third-order valence-corrected chi connectivity index (χ3v) is 18.2. The summed E-state index contributed by atoms with van der Waals surface area (Å²) >= 11 is 0. The van der Waals surface area contributed by atoms with E-state index in [1.54, 1.807) is 0 Å². The standard InChI is InChI=1S/C69H134O17P2/c1-7-10-12-14-16-18-19-20-21-25-29-33-40-46-52-67(72)80-57-64(85-68(73)53-47-41-34-30-26-23-22-24-28-31-37-43-49-61(4)5)59-83-87(75,76)81-55-63(70)56-82-88(77,78)84-60-65(58-79-66(71)51-45-39-32-27-17-15-13-11-8-2)86-69(74)54-48-42-36-35-38-44-50-62(6)9-3/h61-65,70H,7-60H2,1-6H3,(H,75,76)(H,77,78)/t62?,63-,64-,65-/m1/s1. The number of unbranched alkanes of at least 4 members (excludes halogenated alkanes) is 37. The lowest BCUT2D eigenvalue weighted by atomic mass is 10.00. The van der Waals surface area contributed by atoms with Crippen molar-refractivity contribution in [1.29, 1.82) is 0 Å². The summed E-state index contributed by atoms with van der Waals surface area (Å²) in [4.78, 5) is 72.4. The molecule has 0 aliphatic carbocycles. The minimum Gasteiger partial charge on any atom is -0.462 e. The smallest absolute Gasteiger partial charge is 0.462 e. The van der Waals surface area contributed by atoms with Crippen LogP contribution in [0.4, 0.5) is 0 Å². The van der Waals surface area contributed by atoms with Gasteiger partial charge in [-0.15, -0.1) is 0 Å². The lowest BCUT2D eigenvalue weighted by Crippen LogP contribution is -2.30. The van der Waals surface area contributed by atoms with Crippen LogP contribution in [0.3, 0.4) is 0 Å². The van der Waals surface area contributed by atoms with Crippen LogP contribution in [-0.2, 0) is 65.4 Å². The number of aliphatic hydroxyl groups excluding tert-OH is 1. The van der Waals surface area contributed by atoms with Gasteiger partial charge in [0.05, 0.1) is 26.4 Å². The Morgan fingerprint density at radius 2 is 0.580 bits per heavy atom. The molecule has 0 aliphatic heterocycles. The highest BCUT2D eigenvalue weighted by molar-refractivity contribution is 7.47. The molecule has 0 fully saturated rings. The molecular weight excluding hydrogens is 1160 g/mol. The van der Waals surface area contributed by atoms with Gasteiger partial charge in [0, 0.05) is 25.7 Å². The molecule has 3 unspecified atom stereocenters. The Labute approximate surface area is 537 Å². The van der Waals surface area contributed by atoms with E-state index in [2.05, 4.69) is 41.5 Å². The van der Waals surface area contributed by atoms with Gasteiger partial charge in [-0.2, -0.15) is 0 Å². The first-order valence-electron chi connectivity index (χ1n) is 36.0. The quantitative estimate of drug-likeness (QED) is 0.0222. The second-order valence-electron chi connectivity index (χ2n) is 25.6. The molecule has 0 bridgehead atoms. The number of carbonyl (C=O) groups is 4. The summed E-state index contributed by atoms with van der Waals surface area (Å²) in [6.07, 6.45) is 45.8. The van der Waals surface area contributed by atoms with E-state index >= 15 is 0 Å². The van der Waals surface area contributed by atoms with Crippen LogP contribution in [0.5, 0.6) is 0 Å². The molecule has 0 aromatic heterocycles. The number of ether oxygens (including phenoxy) is 4. The van der Waals surface area contributed by atoms with E-state index in [9.17, 15) is 43.2 Å². The summed E-state index contributed by atoms with van der Waals surface area (Å²) in [7, 11) is -9.90. The molecule has 88 heavy (non-hydrogen) atoms. The van der Waals surface area contributed by atoms with Gasteiger partial charge >= 0.3 is 39.5 Å². The average Bonchev–Trinajstić information content (AvgIpc) is 3.55. The number of esters is 4. The molecule has 3 N–H and O–H groups in total. The van der Waals surface area contributed by atoms with Crippen molar-refractivity contribution in [3.8, 4) is 0 Å². The van der Waals surface area contributed by atoms with Gasteiger partial charge in [-0.3, -0.25) is 37.3 Å². The minimum absolute atomic E-state index is 0.103. The zero-order chi connectivity index (χ0) is 65.0. The van der Waals surface area contributed by atoms with E-state index in [0.29, 0.717) is 25.7 Å². The van der Waals surface area contributed by atoms with Crippen molar-refractivity contribution in [3.63, 3.8) is 0 Å². The molecule has 0 saturated heterocycles. The van der Waals surface area contributed by atoms with Crippen molar-refractivity contribution in [1.82, 2.24) is 0 Å². The van der Waals surface area contributed by atoms with Crippen molar-refractivity contribution in [3.05, 3.63) is 0 Å². The van der Waals surface area contributed by atoms with Gasteiger partial charge in [0.15, 0.2) is 12.2 Å². The lowest BCUT2D eigenvalue weighted by molar-refractivity contribution is -0.161. The predicted octanol–water partition coefficient (Wildman–Crippen LogP) is 19.6. The van der Waals surface area contributed by atoms with Gasteiger partial charge < -0.3 is 33.8 Å². The van der Waals surface area contributed by atoms with E-state index < -0.39 is 97.5 Å². The van der Waals surface area contributed by atoms with Crippen LogP contribution in [0.2, 0.25) is 0 Å². The Morgan fingerprint density at radius 3 is 0.864 bits per heavy atom. The van der Waals surface area contributed by atoms with Crippen LogP contribution in [0.25, 0.3) is 0 Å². The van der Waals surface area contributed by atoms with Crippen LogP contribution in [0.15, 0.2) is 0 Å². The third-order valence-electron chi connectivity index (χ3n) is 16.3. The highest BCUT2D eigenvalue weighted by Gasteiger charge is 2.30. The van der Waals surface area contributed by atoms with Crippen LogP contribution >= 0.6 is 15.6 Å². The molecule has 0 aromatic carbocycles. The summed E-state index contributed by atoms with van der Waals surface area (Å²) in [6.45, 7) is 9.49. The van der Waals surface area contributed by atoms with Gasteiger partial charge in [-0.1, -0.05) is 298 Å². The number of phosphoric acid groups is 2. The van der Waals surface area contributed by atoms with E-state index in [1.165, 1.54) is 167 Å². The summed E-state index contributed by atoms with van der Waals surface area (Å²) in [6, 6.07) is 0. The molecule has 6 atom stereocenters. The summed E-state index contributed by atoms with van der Waals surface area (Å²) < 4.78 is 68.2. The highest BCUT2D eigenvalue weighted by Crippen LogP contribution is 2.45. The third kappa shape index (κ3) is 61.6. The van der Waals surface area contributed by atoms with E-state index in [4.69, 9.17) is 37.0 Å². The maximum Gasteiger partial charge on any atom is 0.472 e. The number of carbonyl (C=O) groups excluding carboxylic acids is 4. The summed E-state index contributed by atoms with van der Waals surface area (Å²) in [5, 5.41) is 10.6. The first-order chi connectivity index (χ1) is 42.4. The molecule has 0 radical (unpaired) electrons. The molecule has 0 amide bonds. The van der Waals surface area contributed by atoms with Gasteiger partial charge in [-0.25, -0.2) is 9.13 Å². The first kappa shape index (κ1) is 86.1. The van der Waals surface area contributed by atoms with Crippen molar-refractivity contribution in [2.75, 3.05) is 39.6 Å². The monoisotopic (exact) mass is 1300 g/mol. The zero-order valence-corrected chi connectivity index (χ0v) is 58.8. The average molecular weight is 1300 g/mol. The van der Waals surface area contributed by atoms with Crippen molar-refractivity contribution >= 4 is 39.5 Å². The summed E-state index contributed by atoms with van der Waals surface area (Å²) in [5.74, 6) is -0.631. The molecular formula is C69H134O17P2. The summed E-state index contributed by atoms with van der Waals surface area (Å²) in [5.41, 5.74) is 0. The molecule has 19 heteroatoms. The Bertz CT molecular complexity index is 1720. The number of hydrogen-bond donors (Lipinski definition) is 3. The first-order valence-corrected chi connectivity index (χ1v) is 39.0. The van der Waals surface area contributed by atoms with Crippen molar-refractivity contribution in [2.45, 2.75) is 368 Å². The molecule has 0 aromatic rings. The molecule has 0 saturated carbocycles. The fraction of sp³-hybridized carbons (Fsp3) is 0.942. The topological polar surface area (TPSA) is 237 Å². The number of rotatable bonds is 68. The van der Waals surface area contributed by atoms with E-state index in [-0.39, 0.29) is 25.7 Å². The fourth-order valence-electron chi connectivity index (χ4n) is 10.4. The van der Waals surface area contributed by atoms with Gasteiger partial charge in [0.2, 0.25) is 0 Å².